The highest BCUT2D eigenvalue weighted by Gasteiger charge is 2.17. The average molecular weight is 272 g/mol. The van der Waals surface area contributed by atoms with Crippen LogP contribution >= 0.6 is 11.3 Å². The van der Waals surface area contributed by atoms with Gasteiger partial charge in [0.25, 0.3) is 0 Å². The summed E-state index contributed by atoms with van der Waals surface area (Å²) in [5, 5.41) is 10.9. The number of rotatable bonds is 2. The van der Waals surface area contributed by atoms with E-state index in [2.05, 4.69) is 0 Å². The predicted molar refractivity (Wildman–Crippen MR) is 79.0 cm³/mol. The second kappa shape index (κ2) is 5.17. The molecule has 0 bridgehead atoms. The molecule has 1 aromatic heterocycles. The van der Waals surface area contributed by atoms with Crippen molar-refractivity contribution >= 4 is 27.2 Å². The van der Waals surface area contributed by atoms with Gasteiger partial charge in [-0.3, -0.25) is 4.79 Å². The molecule has 19 heavy (non-hydrogen) atoms. The maximum absolute atomic E-state index is 12.3. The molecule has 0 amide bonds. The van der Waals surface area contributed by atoms with Gasteiger partial charge in [-0.2, -0.15) is 0 Å². The third kappa shape index (κ3) is 2.43. The number of carbonyl (C=O) groups excluding carboxylic acids is 1. The number of allylic oxidation sites excluding steroid dienone is 2. The SMILES string of the molecule is O=C(C=C1CCCCC1)c1sc2ccccc2c1O. The lowest BCUT2D eigenvalue weighted by molar-refractivity contribution is 0.104. The number of hydrogen-bond donors (Lipinski definition) is 1. The molecule has 3 heteroatoms. The van der Waals surface area contributed by atoms with Crippen LogP contribution in [0, 0.1) is 0 Å². The highest BCUT2D eigenvalue weighted by molar-refractivity contribution is 7.21. The fourth-order valence-electron chi connectivity index (χ4n) is 2.60. The summed E-state index contributed by atoms with van der Waals surface area (Å²) in [5.41, 5.74) is 1.23. The van der Waals surface area contributed by atoms with Crippen molar-refractivity contribution in [1.82, 2.24) is 0 Å². The lowest BCUT2D eigenvalue weighted by atomic mass is 9.94. The van der Waals surface area contributed by atoms with Crippen molar-refractivity contribution in [3.63, 3.8) is 0 Å². The summed E-state index contributed by atoms with van der Waals surface area (Å²) in [5.74, 6) is 0.0915. The van der Waals surface area contributed by atoms with Gasteiger partial charge in [0.05, 0.1) is 0 Å². The Bertz CT molecular complexity index is 644. The summed E-state index contributed by atoms with van der Waals surface area (Å²) in [4.78, 5) is 12.7. The van der Waals surface area contributed by atoms with Crippen LogP contribution in [-0.2, 0) is 0 Å². The fraction of sp³-hybridized carbons (Fsp3) is 0.312. The van der Waals surface area contributed by atoms with Gasteiger partial charge in [-0.15, -0.1) is 11.3 Å². The van der Waals surface area contributed by atoms with Crippen LogP contribution in [0.2, 0.25) is 0 Å². The molecule has 0 aliphatic heterocycles. The Labute approximate surface area is 116 Å². The minimum atomic E-state index is -0.0457. The van der Waals surface area contributed by atoms with E-state index in [0.717, 1.165) is 22.9 Å². The number of fused-ring (bicyclic) bond motifs is 1. The molecule has 2 aromatic rings. The maximum atomic E-state index is 12.3. The van der Waals surface area contributed by atoms with Crippen LogP contribution in [0.15, 0.2) is 35.9 Å². The van der Waals surface area contributed by atoms with Crippen molar-refractivity contribution in [3.8, 4) is 5.75 Å². The Balaban J connectivity index is 1.95. The number of ketones is 1. The molecule has 0 atom stereocenters. The summed E-state index contributed by atoms with van der Waals surface area (Å²) >= 11 is 1.38. The van der Waals surface area contributed by atoms with E-state index in [1.54, 1.807) is 6.08 Å². The van der Waals surface area contributed by atoms with Crippen molar-refractivity contribution < 1.29 is 9.90 Å². The van der Waals surface area contributed by atoms with Gasteiger partial charge in [0.1, 0.15) is 10.6 Å². The molecule has 1 N–H and O–H groups in total. The maximum Gasteiger partial charge on any atom is 0.199 e. The average Bonchev–Trinajstić information content (AvgIpc) is 2.78. The van der Waals surface area contributed by atoms with E-state index in [-0.39, 0.29) is 11.5 Å². The zero-order chi connectivity index (χ0) is 13.2. The molecule has 3 rings (SSSR count). The van der Waals surface area contributed by atoms with Gasteiger partial charge in [0.15, 0.2) is 5.78 Å². The Hall–Kier alpha value is -1.61. The Kier molecular flexibility index (Phi) is 3.38. The summed E-state index contributed by atoms with van der Waals surface area (Å²) in [7, 11) is 0. The van der Waals surface area contributed by atoms with Gasteiger partial charge in [-0.25, -0.2) is 0 Å². The Morgan fingerprint density at radius 1 is 1.16 bits per heavy atom. The van der Waals surface area contributed by atoms with Crippen LogP contribution in [0.1, 0.15) is 41.8 Å². The van der Waals surface area contributed by atoms with Crippen LogP contribution < -0.4 is 0 Å². The number of benzene rings is 1. The lowest BCUT2D eigenvalue weighted by Crippen LogP contribution is -1.98. The molecule has 0 radical (unpaired) electrons. The van der Waals surface area contributed by atoms with Crippen LogP contribution in [0.4, 0.5) is 0 Å². The molecule has 1 heterocycles. The zero-order valence-electron chi connectivity index (χ0n) is 10.7. The standard InChI is InChI=1S/C16H16O2S/c17-13(10-11-6-2-1-3-7-11)16-15(18)12-8-4-5-9-14(12)19-16/h4-5,8-10,18H,1-3,6-7H2. The molecule has 1 saturated carbocycles. The van der Waals surface area contributed by atoms with Crippen molar-refractivity contribution in [2.45, 2.75) is 32.1 Å². The van der Waals surface area contributed by atoms with E-state index in [1.165, 1.54) is 36.2 Å². The van der Waals surface area contributed by atoms with Crippen molar-refractivity contribution in [1.29, 1.82) is 0 Å². The molecule has 2 nitrogen and oxygen atoms in total. The van der Waals surface area contributed by atoms with Crippen LogP contribution in [-0.4, -0.2) is 10.9 Å². The van der Waals surface area contributed by atoms with E-state index in [0.29, 0.717) is 4.88 Å². The molecule has 1 aliphatic rings. The van der Waals surface area contributed by atoms with Crippen LogP contribution in [0.3, 0.4) is 0 Å². The highest BCUT2D eigenvalue weighted by Crippen LogP contribution is 2.37. The molecular formula is C16H16O2S. The first-order chi connectivity index (χ1) is 9.25. The van der Waals surface area contributed by atoms with E-state index in [1.807, 2.05) is 24.3 Å². The van der Waals surface area contributed by atoms with Gasteiger partial charge in [0, 0.05) is 10.1 Å². The molecule has 0 unspecified atom stereocenters. The smallest absolute Gasteiger partial charge is 0.199 e. The summed E-state index contributed by atoms with van der Waals surface area (Å²) in [6.07, 6.45) is 7.41. The van der Waals surface area contributed by atoms with Gasteiger partial charge in [0.2, 0.25) is 0 Å². The van der Waals surface area contributed by atoms with Crippen molar-refractivity contribution in [2.75, 3.05) is 0 Å². The first kappa shape index (κ1) is 12.4. The Morgan fingerprint density at radius 2 is 1.89 bits per heavy atom. The number of aromatic hydroxyl groups is 1. The quantitative estimate of drug-likeness (QED) is 0.636. The molecule has 0 spiro atoms. The van der Waals surface area contributed by atoms with E-state index in [9.17, 15) is 9.90 Å². The molecule has 98 valence electrons. The third-order valence-electron chi connectivity index (χ3n) is 3.62. The summed E-state index contributed by atoms with van der Waals surface area (Å²) in [6, 6.07) is 7.59. The Morgan fingerprint density at radius 3 is 2.63 bits per heavy atom. The van der Waals surface area contributed by atoms with Gasteiger partial charge in [-0.1, -0.05) is 24.1 Å². The number of carbonyl (C=O) groups is 1. The summed E-state index contributed by atoms with van der Waals surface area (Å²) in [6.45, 7) is 0. The number of thiophene rings is 1. The predicted octanol–water partition coefficient (Wildman–Crippen LogP) is 4.68. The lowest BCUT2D eigenvalue weighted by Gasteiger charge is -2.12. The van der Waals surface area contributed by atoms with Crippen molar-refractivity contribution in [2.24, 2.45) is 0 Å². The molecule has 1 fully saturated rings. The fourth-order valence-corrected chi connectivity index (χ4v) is 3.61. The topological polar surface area (TPSA) is 37.3 Å². The summed E-state index contributed by atoms with van der Waals surface area (Å²) < 4.78 is 0.963. The zero-order valence-corrected chi connectivity index (χ0v) is 11.5. The normalized spacial score (nSPS) is 15.7. The van der Waals surface area contributed by atoms with Gasteiger partial charge >= 0.3 is 0 Å². The van der Waals surface area contributed by atoms with Crippen LogP contribution in [0.5, 0.6) is 5.75 Å². The van der Waals surface area contributed by atoms with Gasteiger partial charge < -0.3 is 5.11 Å². The highest BCUT2D eigenvalue weighted by atomic mass is 32.1. The van der Waals surface area contributed by atoms with Crippen molar-refractivity contribution in [3.05, 3.63) is 40.8 Å². The van der Waals surface area contributed by atoms with Crippen LogP contribution in [0.25, 0.3) is 10.1 Å². The van der Waals surface area contributed by atoms with E-state index >= 15 is 0 Å². The minimum Gasteiger partial charge on any atom is -0.506 e. The van der Waals surface area contributed by atoms with E-state index in [4.69, 9.17) is 0 Å². The van der Waals surface area contributed by atoms with E-state index < -0.39 is 0 Å². The largest absolute Gasteiger partial charge is 0.506 e. The first-order valence-electron chi connectivity index (χ1n) is 6.70. The first-order valence-corrected chi connectivity index (χ1v) is 7.51. The second-order valence-electron chi connectivity index (χ2n) is 5.00. The molecule has 0 saturated heterocycles. The second-order valence-corrected chi connectivity index (χ2v) is 6.06. The minimum absolute atomic E-state index is 0.0457. The molecule has 1 aliphatic carbocycles. The van der Waals surface area contributed by atoms with Gasteiger partial charge in [-0.05, 0) is 43.9 Å². The monoisotopic (exact) mass is 272 g/mol. The third-order valence-corrected chi connectivity index (χ3v) is 4.80. The number of hydrogen-bond acceptors (Lipinski definition) is 3. The molecular weight excluding hydrogens is 256 g/mol. The molecule has 1 aromatic carbocycles.